The van der Waals surface area contributed by atoms with E-state index in [1.54, 1.807) is 20.8 Å². The maximum atomic E-state index is 13.2. The van der Waals surface area contributed by atoms with Crippen LogP contribution in [0.3, 0.4) is 0 Å². The van der Waals surface area contributed by atoms with Crippen LogP contribution in [0, 0.1) is 11.8 Å². The zero-order valence-electron chi connectivity index (χ0n) is 23.0. The van der Waals surface area contributed by atoms with Crippen LogP contribution in [0.5, 0.6) is 11.5 Å². The van der Waals surface area contributed by atoms with Crippen LogP contribution in [-0.2, 0) is 19.1 Å². The van der Waals surface area contributed by atoms with Crippen molar-refractivity contribution < 1.29 is 33.3 Å². The van der Waals surface area contributed by atoms with E-state index in [4.69, 9.17) is 18.9 Å². The summed E-state index contributed by atoms with van der Waals surface area (Å²) in [6.45, 7) is 6.48. The van der Waals surface area contributed by atoms with Gasteiger partial charge >= 0.3 is 11.9 Å². The molecule has 0 saturated carbocycles. The summed E-state index contributed by atoms with van der Waals surface area (Å²) in [5.41, 5.74) is 2.02. The molecule has 0 aliphatic carbocycles. The minimum absolute atomic E-state index is 0.0194. The number of benzene rings is 2. The molecule has 0 radical (unpaired) electrons. The summed E-state index contributed by atoms with van der Waals surface area (Å²) >= 11 is 0. The first-order valence-electron chi connectivity index (χ1n) is 12.9. The number of esters is 2. The van der Waals surface area contributed by atoms with Crippen LogP contribution >= 0.6 is 0 Å². The number of Topliss-reactive ketones (excluding diaryl/α,β-unsaturated/α-hetero) is 1. The highest BCUT2D eigenvalue weighted by Gasteiger charge is 2.29. The van der Waals surface area contributed by atoms with Gasteiger partial charge in [0.1, 0.15) is 6.10 Å². The summed E-state index contributed by atoms with van der Waals surface area (Å²) in [5, 5.41) is 0. The molecule has 2 atom stereocenters. The largest absolute Gasteiger partial charge is 0.493 e. The van der Waals surface area contributed by atoms with E-state index in [0.717, 1.165) is 11.1 Å². The lowest BCUT2D eigenvalue weighted by Crippen LogP contribution is -2.28. The SMILES string of the molecule is COc1ccnc(C(=O)C[C@@H](C)C(=O)O[C@@H](C)C(c2ccccc2)c2ccccc2)c1OCOC(=O)C(C)C. The third-order valence-electron chi connectivity index (χ3n) is 6.21. The molecule has 1 heterocycles. The Morgan fingerprint density at radius 3 is 1.95 bits per heavy atom. The molecule has 0 amide bonds. The second-order valence-corrected chi connectivity index (χ2v) is 9.54. The Balaban J connectivity index is 1.71. The van der Waals surface area contributed by atoms with E-state index < -0.39 is 36.5 Å². The van der Waals surface area contributed by atoms with Crippen LogP contribution in [-0.4, -0.2) is 42.7 Å². The molecular formula is C31H35NO7. The summed E-state index contributed by atoms with van der Waals surface area (Å²) in [4.78, 5) is 42.2. The Morgan fingerprint density at radius 2 is 1.41 bits per heavy atom. The maximum Gasteiger partial charge on any atom is 0.311 e. The molecule has 0 aliphatic rings. The van der Waals surface area contributed by atoms with Gasteiger partial charge in [-0.2, -0.15) is 0 Å². The van der Waals surface area contributed by atoms with E-state index in [0.29, 0.717) is 0 Å². The fourth-order valence-corrected chi connectivity index (χ4v) is 4.12. The van der Waals surface area contributed by atoms with Gasteiger partial charge in [-0.05, 0) is 18.1 Å². The number of rotatable bonds is 13. The van der Waals surface area contributed by atoms with Crippen molar-refractivity contribution in [2.75, 3.05) is 13.9 Å². The van der Waals surface area contributed by atoms with Crippen molar-refractivity contribution in [3.63, 3.8) is 0 Å². The third kappa shape index (κ3) is 7.89. The van der Waals surface area contributed by atoms with Crippen molar-refractivity contribution >= 4 is 17.7 Å². The number of hydrogen-bond donors (Lipinski definition) is 0. The first-order chi connectivity index (χ1) is 18.7. The fraction of sp³-hybridized carbons (Fsp3) is 0.355. The molecule has 1 aromatic heterocycles. The Bertz CT molecular complexity index is 1200. The van der Waals surface area contributed by atoms with Crippen LogP contribution in [0.2, 0.25) is 0 Å². The molecule has 0 saturated heterocycles. The zero-order chi connectivity index (χ0) is 28.4. The molecule has 0 fully saturated rings. The van der Waals surface area contributed by atoms with Gasteiger partial charge in [-0.3, -0.25) is 14.4 Å². The summed E-state index contributed by atoms with van der Waals surface area (Å²) in [7, 11) is 1.42. The molecule has 0 aliphatic heterocycles. The molecule has 0 unspecified atom stereocenters. The van der Waals surface area contributed by atoms with E-state index >= 15 is 0 Å². The first-order valence-corrected chi connectivity index (χ1v) is 12.9. The topological polar surface area (TPSA) is 101 Å². The molecule has 0 spiro atoms. The van der Waals surface area contributed by atoms with Crippen molar-refractivity contribution in [3.8, 4) is 11.5 Å². The maximum absolute atomic E-state index is 13.2. The van der Waals surface area contributed by atoms with Gasteiger partial charge in [0, 0.05) is 24.6 Å². The first kappa shape index (κ1) is 29.4. The normalized spacial score (nSPS) is 12.5. The summed E-state index contributed by atoms with van der Waals surface area (Å²) in [6, 6.07) is 21.2. The predicted molar refractivity (Wildman–Crippen MR) is 146 cm³/mol. The zero-order valence-corrected chi connectivity index (χ0v) is 23.0. The lowest BCUT2D eigenvalue weighted by molar-refractivity contribution is -0.154. The molecule has 8 heteroatoms. The van der Waals surface area contributed by atoms with Crippen LogP contribution in [0.15, 0.2) is 72.9 Å². The van der Waals surface area contributed by atoms with Crippen LogP contribution in [0.25, 0.3) is 0 Å². The standard InChI is InChI=1S/C31H35NO7/c1-20(2)30(34)38-19-37-29-26(36-5)16-17-32-28(29)25(33)18-21(3)31(35)39-22(4)27(23-12-8-6-9-13-23)24-14-10-7-11-15-24/h6-17,20-22,27H,18-19H2,1-5H3/t21-,22+/m1/s1. The number of nitrogens with zero attached hydrogens (tertiary/aromatic N) is 1. The quantitative estimate of drug-likeness (QED) is 0.159. The number of hydrogen-bond acceptors (Lipinski definition) is 8. The summed E-state index contributed by atoms with van der Waals surface area (Å²) < 4.78 is 21.8. The Kier molecular flexibility index (Phi) is 10.6. The second kappa shape index (κ2) is 14.1. The monoisotopic (exact) mass is 533 g/mol. The molecule has 8 nitrogen and oxygen atoms in total. The van der Waals surface area contributed by atoms with Gasteiger partial charge in [0.05, 0.1) is 18.9 Å². The molecular weight excluding hydrogens is 498 g/mol. The average Bonchev–Trinajstić information content (AvgIpc) is 2.94. The number of ether oxygens (including phenoxy) is 4. The minimum Gasteiger partial charge on any atom is -0.493 e. The number of ketones is 1. The number of pyridine rings is 1. The van der Waals surface area contributed by atoms with Crippen molar-refractivity contribution in [1.29, 1.82) is 0 Å². The van der Waals surface area contributed by atoms with E-state index in [-0.39, 0.29) is 35.4 Å². The molecule has 39 heavy (non-hydrogen) atoms. The summed E-state index contributed by atoms with van der Waals surface area (Å²) in [5.74, 6) is -2.32. The van der Waals surface area contributed by atoms with Crippen LogP contribution < -0.4 is 9.47 Å². The highest BCUT2D eigenvalue weighted by atomic mass is 16.7. The van der Waals surface area contributed by atoms with Crippen molar-refractivity contribution in [2.45, 2.75) is 46.1 Å². The van der Waals surface area contributed by atoms with E-state index in [1.807, 2.05) is 67.6 Å². The number of methoxy groups -OCH3 is 1. The predicted octanol–water partition coefficient (Wildman–Crippen LogP) is 5.60. The average molecular weight is 534 g/mol. The Hall–Kier alpha value is -4.20. The number of carbonyl (C=O) groups is 3. The molecule has 0 N–H and O–H groups in total. The van der Waals surface area contributed by atoms with Gasteiger partial charge < -0.3 is 18.9 Å². The Labute approximate surface area is 229 Å². The molecule has 3 rings (SSSR count). The molecule has 0 bridgehead atoms. The summed E-state index contributed by atoms with van der Waals surface area (Å²) in [6.07, 6.45) is 0.772. The van der Waals surface area contributed by atoms with Gasteiger partial charge in [-0.1, -0.05) is 81.4 Å². The van der Waals surface area contributed by atoms with Gasteiger partial charge in [0.25, 0.3) is 0 Å². The van der Waals surface area contributed by atoms with Crippen LogP contribution in [0.4, 0.5) is 0 Å². The van der Waals surface area contributed by atoms with Crippen molar-refractivity contribution in [1.82, 2.24) is 4.98 Å². The Morgan fingerprint density at radius 1 is 0.821 bits per heavy atom. The van der Waals surface area contributed by atoms with E-state index in [2.05, 4.69) is 4.98 Å². The molecule has 206 valence electrons. The number of aromatic nitrogens is 1. The lowest BCUT2D eigenvalue weighted by atomic mass is 9.87. The lowest BCUT2D eigenvalue weighted by Gasteiger charge is -2.26. The van der Waals surface area contributed by atoms with Crippen molar-refractivity contribution in [3.05, 3.63) is 89.7 Å². The van der Waals surface area contributed by atoms with Crippen LogP contribution in [0.1, 0.15) is 61.6 Å². The van der Waals surface area contributed by atoms with Gasteiger partial charge in [0.2, 0.25) is 6.79 Å². The van der Waals surface area contributed by atoms with Gasteiger partial charge in [-0.25, -0.2) is 4.98 Å². The second-order valence-electron chi connectivity index (χ2n) is 9.54. The smallest absolute Gasteiger partial charge is 0.311 e. The number of carbonyl (C=O) groups excluding carboxylic acids is 3. The molecule has 3 aromatic rings. The minimum atomic E-state index is -0.744. The van der Waals surface area contributed by atoms with E-state index in [1.165, 1.54) is 19.4 Å². The van der Waals surface area contributed by atoms with Crippen molar-refractivity contribution in [2.24, 2.45) is 11.8 Å². The van der Waals surface area contributed by atoms with E-state index in [9.17, 15) is 14.4 Å². The van der Waals surface area contributed by atoms with Gasteiger partial charge in [0.15, 0.2) is 23.0 Å². The third-order valence-corrected chi connectivity index (χ3v) is 6.21. The fourth-order valence-electron chi connectivity index (χ4n) is 4.12. The molecule has 2 aromatic carbocycles. The highest BCUT2D eigenvalue weighted by molar-refractivity contribution is 5.99. The highest BCUT2D eigenvalue weighted by Crippen LogP contribution is 2.32. The van der Waals surface area contributed by atoms with Gasteiger partial charge in [-0.15, -0.1) is 0 Å².